The molecular weight excluding hydrogens is 803 g/mol. The first-order valence-corrected chi connectivity index (χ1v) is 25.5. The minimum atomic E-state index is -4.16. The van der Waals surface area contributed by atoms with E-state index < -0.39 is 22.3 Å². The van der Waals surface area contributed by atoms with Crippen LogP contribution >= 0.6 is 0 Å². The molecule has 0 aliphatic carbocycles. The molecule has 0 saturated heterocycles. The minimum Gasteiger partial charge on any atom is -0.481 e. The molecule has 0 aromatic rings. The number of hydrogen-bond acceptors (Lipinski definition) is 11. The van der Waals surface area contributed by atoms with Crippen LogP contribution in [0.25, 0.3) is 0 Å². The monoisotopic (exact) mass is 906 g/mol. The highest BCUT2D eigenvalue weighted by atomic mass is 32.3. The normalized spacial score (nSPS) is 10.3. The molecule has 0 rings (SSSR count). The van der Waals surface area contributed by atoms with Crippen molar-refractivity contribution >= 4 is 22.3 Å². The SMILES string of the molecule is CCCCCCCCCCCCCCCCCC(=O)O.CCCCCCCCCCCCCCCCCC(=O)O.CCONC.CCONC.CCONC.COS(=O)(=O)O. The van der Waals surface area contributed by atoms with Gasteiger partial charge in [0.1, 0.15) is 0 Å². The quantitative estimate of drug-likeness (QED) is 0.0193. The summed E-state index contributed by atoms with van der Waals surface area (Å²) in [7, 11) is 1.93. The molecule has 0 saturated carbocycles. The molecule has 0 bridgehead atoms. The Morgan fingerprint density at radius 3 is 0.656 bits per heavy atom. The molecule has 0 aromatic carbocycles. The molecule has 0 aliphatic heterocycles. The molecule has 0 aliphatic rings. The van der Waals surface area contributed by atoms with E-state index in [1.165, 1.54) is 167 Å². The maximum Gasteiger partial charge on any atom is 0.397 e. The molecule has 15 heteroatoms. The number of aliphatic carboxylic acids is 2. The fourth-order valence-corrected chi connectivity index (χ4v) is 5.73. The zero-order chi connectivity index (χ0) is 47.4. The van der Waals surface area contributed by atoms with E-state index in [9.17, 15) is 18.0 Å². The average molecular weight is 906 g/mol. The highest BCUT2D eigenvalue weighted by molar-refractivity contribution is 7.80. The summed E-state index contributed by atoms with van der Waals surface area (Å²) in [4.78, 5) is 34.4. The zero-order valence-corrected chi connectivity index (χ0v) is 42.1. The second-order valence-corrected chi connectivity index (χ2v) is 15.9. The summed E-state index contributed by atoms with van der Waals surface area (Å²) in [6, 6.07) is 0. The van der Waals surface area contributed by atoms with Crippen LogP contribution in [0, 0.1) is 0 Å². The lowest BCUT2D eigenvalue weighted by atomic mass is 10.0. The maximum atomic E-state index is 10.3. The Balaban J connectivity index is -0.000000169. The van der Waals surface area contributed by atoms with E-state index in [1.807, 2.05) is 20.8 Å². The molecule has 14 nitrogen and oxygen atoms in total. The van der Waals surface area contributed by atoms with E-state index in [4.69, 9.17) is 14.8 Å². The predicted molar refractivity (Wildman–Crippen MR) is 255 cm³/mol. The van der Waals surface area contributed by atoms with Crippen molar-refractivity contribution in [3.05, 3.63) is 0 Å². The van der Waals surface area contributed by atoms with E-state index in [1.54, 1.807) is 21.1 Å². The molecule has 374 valence electrons. The lowest BCUT2D eigenvalue weighted by Crippen LogP contribution is -2.05. The summed E-state index contributed by atoms with van der Waals surface area (Å²) < 4.78 is 29.7. The number of unbranched alkanes of at least 4 members (excludes halogenated alkanes) is 28. The van der Waals surface area contributed by atoms with E-state index in [-0.39, 0.29) is 0 Å². The molecule has 0 unspecified atom stereocenters. The van der Waals surface area contributed by atoms with Crippen LogP contribution in [0.15, 0.2) is 0 Å². The van der Waals surface area contributed by atoms with Gasteiger partial charge in [0.25, 0.3) is 0 Å². The minimum absolute atomic E-state index is 0.345. The Bertz CT molecular complexity index is 810. The molecule has 61 heavy (non-hydrogen) atoms. The lowest BCUT2D eigenvalue weighted by molar-refractivity contribution is -0.138. The van der Waals surface area contributed by atoms with E-state index in [2.05, 4.69) is 49.0 Å². The van der Waals surface area contributed by atoms with E-state index in [0.717, 1.165) is 52.6 Å². The lowest BCUT2D eigenvalue weighted by Gasteiger charge is -2.03. The number of rotatable bonds is 39. The smallest absolute Gasteiger partial charge is 0.397 e. The molecule has 0 fully saturated rings. The van der Waals surface area contributed by atoms with Gasteiger partial charge >= 0.3 is 22.3 Å². The third kappa shape index (κ3) is 108. The first-order chi connectivity index (χ1) is 29.3. The molecule has 0 aromatic heterocycles. The summed E-state index contributed by atoms with van der Waals surface area (Å²) >= 11 is 0. The van der Waals surface area contributed by atoms with Gasteiger partial charge in [-0.05, 0) is 33.6 Å². The maximum absolute atomic E-state index is 10.3. The van der Waals surface area contributed by atoms with Gasteiger partial charge in [-0.2, -0.15) is 8.42 Å². The van der Waals surface area contributed by atoms with Gasteiger partial charge in [0.15, 0.2) is 0 Å². The van der Waals surface area contributed by atoms with Crippen LogP contribution < -0.4 is 16.4 Å². The van der Waals surface area contributed by atoms with Crippen LogP contribution in [0.5, 0.6) is 0 Å². The fourth-order valence-electron chi connectivity index (χ4n) is 5.73. The van der Waals surface area contributed by atoms with Crippen molar-refractivity contribution < 1.29 is 51.5 Å². The van der Waals surface area contributed by atoms with Crippen molar-refractivity contribution in [1.29, 1.82) is 0 Å². The van der Waals surface area contributed by atoms with E-state index >= 15 is 0 Å². The molecule has 0 atom stereocenters. The molecule has 6 N–H and O–H groups in total. The number of carbonyl (C=O) groups is 2. The molecular formula is C46H103N3O11S. The van der Waals surface area contributed by atoms with Crippen LogP contribution in [0.3, 0.4) is 0 Å². The van der Waals surface area contributed by atoms with Gasteiger partial charge < -0.3 is 24.7 Å². The number of hydroxylamine groups is 3. The third-order valence-corrected chi connectivity index (χ3v) is 9.49. The number of carboxylic acid groups (broad SMARTS) is 2. The first-order valence-electron chi connectivity index (χ1n) is 24.2. The Kier molecular flexibility index (Phi) is 82.0. The van der Waals surface area contributed by atoms with Crippen molar-refractivity contribution in [3.63, 3.8) is 0 Å². The first kappa shape index (κ1) is 71.2. The topological polar surface area (TPSA) is 202 Å². The van der Waals surface area contributed by atoms with Gasteiger partial charge in [0, 0.05) is 34.0 Å². The molecule has 0 heterocycles. The average Bonchev–Trinajstić information content (AvgIpc) is 3.22. The van der Waals surface area contributed by atoms with Gasteiger partial charge in [0.2, 0.25) is 0 Å². The summed E-state index contributed by atoms with van der Waals surface area (Å²) in [5, 5.41) is 17.0. The van der Waals surface area contributed by atoms with Crippen LogP contribution in [-0.4, -0.2) is 83.2 Å². The zero-order valence-electron chi connectivity index (χ0n) is 41.3. The van der Waals surface area contributed by atoms with Gasteiger partial charge in [0.05, 0.1) is 26.9 Å². The number of nitrogens with one attached hydrogen (secondary N) is 3. The highest BCUT2D eigenvalue weighted by Crippen LogP contribution is 2.15. The fraction of sp³-hybridized carbons (Fsp3) is 0.957. The summed E-state index contributed by atoms with van der Waals surface area (Å²) in [6.07, 6.45) is 40.4. The Hall–Kier alpha value is -1.43. The van der Waals surface area contributed by atoms with E-state index in [0.29, 0.717) is 12.8 Å². The van der Waals surface area contributed by atoms with Crippen LogP contribution in [0.1, 0.15) is 240 Å². The van der Waals surface area contributed by atoms with Gasteiger partial charge in [-0.3, -0.25) is 18.3 Å². The summed E-state index contributed by atoms with van der Waals surface area (Å²) in [5.74, 6) is -1.31. The molecule has 0 spiro atoms. The van der Waals surface area contributed by atoms with Gasteiger partial charge in [-0.1, -0.05) is 194 Å². The van der Waals surface area contributed by atoms with Crippen LogP contribution in [0.2, 0.25) is 0 Å². The van der Waals surface area contributed by atoms with Crippen LogP contribution in [0.4, 0.5) is 0 Å². The number of hydrogen-bond donors (Lipinski definition) is 6. The molecule has 0 amide bonds. The number of carboxylic acids is 2. The van der Waals surface area contributed by atoms with Crippen molar-refractivity contribution in [1.82, 2.24) is 16.4 Å². The summed E-state index contributed by atoms with van der Waals surface area (Å²) in [6.45, 7) is 12.5. The van der Waals surface area contributed by atoms with Gasteiger partial charge in [-0.25, -0.2) is 16.4 Å². The summed E-state index contributed by atoms with van der Waals surface area (Å²) in [5.41, 5.74) is 7.55. The predicted octanol–water partition coefficient (Wildman–Crippen LogP) is 12.6. The standard InChI is InChI=1S/2C18H36O2.3C3H9NO.CH4O4S/c2*1-2-3-4-5-6-7-8-9-10-11-12-13-14-15-16-17-18(19)20;3*1-3-5-4-2;1-5-6(2,3)4/h2*2-17H2,1H3,(H,19,20);3*4H,3H2,1-2H3;1H3,(H,2,3,4). The highest BCUT2D eigenvalue weighted by Gasteiger charge is 1.99. The Morgan fingerprint density at radius 2 is 0.557 bits per heavy atom. The Labute approximate surface area is 377 Å². The molecule has 0 radical (unpaired) electrons. The van der Waals surface area contributed by atoms with Crippen molar-refractivity contribution in [2.24, 2.45) is 0 Å². The third-order valence-electron chi connectivity index (χ3n) is 9.07. The van der Waals surface area contributed by atoms with Crippen molar-refractivity contribution in [2.45, 2.75) is 240 Å². The largest absolute Gasteiger partial charge is 0.481 e. The second kappa shape index (κ2) is 70.2. The second-order valence-electron chi connectivity index (χ2n) is 14.7. The van der Waals surface area contributed by atoms with Crippen molar-refractivity contribution in [2.75, 3.05) is 48.1 Å². The van der Waals surface area contributed by atoms with Crippen molar-refractivity contribution in [3.8, 4) is 0 Å². The Morgan fingerprint density at radius 1 is 0.393 bits per heavy atom. The van der Waals surface area contributed by atoms with Gasteiger partial charge in [-0.15, -0.1) is 0 Å². The van der Waals surface area contributed by atoms with Crippen LogP contribution in [-0.2, 0) is 38.7 Å².